The molecule has 0 heterocycles. The van der Waals surface area contributed by atoms with Gasteiger partial charge >= 0.3 is 0 Å². The van der Waals surface area contributed by atoms with E-state index in [9.17, 15) is 14.9 Å². The van der Waals surface area contributed by atoms with Crippen molar-refractivity contribution in [2.24, 2.45) is 5.84 Å². The number of amides is 1. The number of nitrogens with two attached hydrogens (primary N) is 1. The molecule has 7 heteroatoms. The van der Waals surface area contributed by atoms with Crippen LogP contribution in [-0.2, 0) is 4.79 Å². The largest absolute Gasteiger partial charge is 0.493 e. The van der Waals surface area contributed by atoms with Gasteiger partial charge in [-0.2, -0.15) is 0 Å². The van der Waals surface area contributed by atoms with Crippen LogP contribution in [0.2, 0.25) is 0 Å². The Balaban J connectivity index is 2.39. The molecule has 1 aromatic carbocycles. The van der Waals surface area contributed by atoms with Gasteiger partial charge in [-0.15, -0.1) is 0 Å². The summed E-state index contributed by atoms with van der Waals surface area (Å²) in [6.45, 7) is 0.300. The molecule has 0 atom stereocenters. The summed E-state index contributed by atoms with van der Waals surface area (Å²) in [5, 5.41) is 10.5. The highest BCUT2D eigenvalue weighted by Crippen LogP contribution is 2.19. The SMILES string of the molecule is NNC(=O)CCCOc1cccc([N+](=O)[O-])c1. The third-order valence-electron chi connectivity index (χ3n) is 2.01. The Morgan fingerprint density at radius 3 is 2.94 bits per heavy atom. The van der Waals surface area contributed by atoms with E-state index in [1.807, 2.05) is 5.43 Å². The molecule has 0 aromatic heterocycles. The number of ether oxygens (including phenoxy) is 1. The van der Waals surface area contributed by atoms with Gasteiger partial charge in [-0.25, -0.2) is 5.84 Å². The standard InChI is InChI=1S/C10H13N3O4/c11-12-10(14)5-2-6-17-9-4-1-3-8(7-9)13(15)16/h1,3-4,7H,2,5-6,11H2,(H,12,14). The molecule has 1 aromatic rings. The van der Waals surface area contributed by atoms with Crippen LogP contribution in [0.1, 0.15) is 12.8 Å². The van der Waals surface area contributed by atoms with Crippen LogP contribution in [-0.4, -0.2) is 17.4 Å². The number of nitrogens with zero attached hydrogens (tertiary/aromatic N) is 1. The Morgan fingerprint density at radius 2 is 2.29 bits per heavy atom. The zero-order chi connectivity index (χ0) is 12.7. The summed E-state index contributed by atoms with van der Waals surface area (Å²) in [6, 6.07) is 5.88. The van der Waals surface area contributed by atoms with Crippen molar-refractivity contribution in [2.75, 3.05) is 6.61 Å². The molecule has 92 valence electrons. The lowest BCUT2D eigenvalue weighted by molar-refractivity contribution is -0.384. The second-order valence-corrected chi connectivity index (χ2v) is 3.27. The minimum Gasteiger partial charge on any atom is -0.493 e. The van der Waals surface area contributed by atoms with Crippen molar-refractivity contribution in [3.63, 3.8) is 0 Å². The third-order valence-corrected chi connectivity index (χ3v) is 2.01. The zero-order valence-corrected chi connectivity index (χ0v) is 9.09. The molecule has 0 spiro atoms. The average molecular weight is 239 g/mol. The summed E-state index contributed by atoms with van der Waals surface area (Å²) in [5.74, 6) is 5.04. The first-order chi connectivity index (χ1) is 8.13. The maximum atomic E-state index is 10.8. The quantitative estimate of drug-likeness (QED) is 0.250. The van der Waals surface area contributed by atoms with Gasteiger partial charge in [0.1, 0.15) is 5.75 Å². The number of hydrogen-bond acceptors (Lipinski definition) is 5. The van der Waals surface area contributed by atoms with Crippen LogP contribution in [0.5, 0.6) is 5.75 Å². The van der Waals surface area contributed by atoms with E-state index < -0.39 is 4.92 Å². The van der Waals surface area contributed by atoms with E-state index in [2.05, 4.69) is 0 Å². The van der Waals surface area contributed by atoms with Crippen molar-refractivity contribution >= 4 is 11.6 Å². The van der Waals surface area contributed by atoms with Gasteiger partial charge in [0, 0.05) is 12.5 Å². The van der Waals surface area contributed by atoms with Gasteiger partial charge in [0.05, 0.1) is 17.6 Å². The number of nitro benzene ring substituents is 1. The van der Waals surface area contributed by atoms with Crippen LogP contribution in [0, 0.1) is 10.1 Å². The first-order valence-electron chi connectivity index (χ1n) is 5.00. The van der Waals surface area contributed by atoms with Crippen LogP contribution in [0.25, 0.3) is 0 Å². The average Bonchev–Trinajstić information content (AvgIpc) is 2.34. The number of nitro groups is 1. The fraction of sp³-hybridized carbons (Fsp3) is 0.300. The third kappa shape index (κ3) is 4.47. The van der Waals surface area contributed by atoms with Gasteiger partial charge in [-0.3, -0.25) is 20.3 Å². The topological polar surface area (TPSA) is 107 Å². The lowest BCUT2D eigenvalue weighted by Gasteiger charge is -2.05. The molecule has 0 unspecified atom stereocenters. The number of benzene rings is 1. The van der Waals surface area contributed by atoms with Crippen molar-refractivity contribution in [2.45, 2.75) is 12.8 Å². The normalized spacial score (nSPS) is 9.71. The number of carbonyl (C=O) groups excluding carboxylic acids is 1. The van der Waals surface area contributed by atoms with Crippen molar-refractivity contribution in [1.82, 2.24) is 5.43 Å². The summed E-state index contributed by atoms with van der Waals surface area (Å²) >= 11 is 0. The first kappa shape index (κ1) is 12.9. The number of non-ortho nitro benzene ring substituents is 1. The summed E-state index contributed by atoms with van der Waals surface area (Å²) < 4.78 is 5.27. The monoisotopic (exact) mass is 239 g/mol. The van der Waals surface area contributed by atoms with Gasteiger partial charge in [-0.1, -0.05) is 6.07 Å². The van der Waals surface area contributed by atoms with Crippen LogP contribution < -0.4 is 16.0 Å². The van der Waals surface area contributed by atoms with E-state index in [0.29, 0.717) is 18.8 Å². The Labute approximate surface area is 97.7 Å². The number of nitrogens with one attached hydrogen (secondary N) is 1. The van der Waals surface area contributed by atoms with Crippen LogP contribution in [0.3, 0.4) is 0 Å². The molecular formula is C10H13N3O4. The van der Waals surface area contributed by atoms with E-state index in [-0.39, 0.29) is 18.0 Å². The molecule has 0 radical (unpaired) electrons. The molecule has 3 N–H and O–H groups in total. The highest BCUT2D eigenvalue weighted by atomic mass is 16.6. The number of hydrazine groups is 1. The maximum absolute atomic E-state index is 10.8. The molecule has 0 saturated heterocycles. The van der Waals surface area contributed by atoms with E-state index in [4.69, 9.17) is 10.6 Å². The number of hydrogen-bond donors (Lipinski definition) is 2. The van der Waals surface area contributed by atoms with Gasteiger partial charge in [0.25, 0.3) is 5.69 Å². The first-order valence-corrected chi connectivity index (χ1v) is 5.00. The Morgan fingerprint density at radius 1 is 1.53 bits per heavy atom. The zero-order valence-electron chi connectivity index (χ0n) is 9.09. The molecular weight excluding hydrogens is 226 g/mol. The van der Waals surface area contributed by atoms with Crippen molar-refractivity contribution < 1.29 is 14.5 Å². The molecule has 0 aliphatic carbocycles. The summed E-state index contributed by atoms with van der Waals surface area (Å²) in [6.07, 6.45) is 0.747. The predicted molar refractivity (Wildman–Crippen MR) is 60.2 cm³/mol. The predicted octanol–water partition coefficient (Wildman–Crippen LogP) is 0.744. The van der Waals surface area contributed by atoms with Gasteiger partial charge in [-0.05, 0) is 12.5 Å². The molecule has 0 aliphatic heterocycles. The molecule has 17 heavy (non-hydrogen) atoms. The second-order valence-electron chi connectivity index (χ2n) is 3.27. The van der Waals surface area contributed by atoms with Crippen molar-refractivity contribution in [3.8, 4) is 5.75 Å². The molecule has 7 nitrogen and oxygen atoms in total. The van der Waals surface area contributed by atoms with Crippen molar-refractivity contribution in [3.05, 3.63) is 34.4 Å². The lowest BCUT2D eigenvalue weighted by Crippen LogP contribution is -2.29. The molecule has 0 aliphatic rings. The molecule has 1 amide bonds. The smallest absolute Gasteiger partial charge is 0.273 e. The molecule has 0 saturated carbocycles. The van der Waals surface area contributed by atoms with Crippen LogP contribution in [0.4, 0.5) is 5.69 Å². The van der Waals surface area contributed by atoms with Crippen molar-refractivity contribution in [1.29, 1.82) is 0 Å². The number of rotatable bonds is 6. The van der Waals surface area contributed by atoms with E-state index >= 15 is 0 Å². The van der Waals surface area contributed by atoms with E-state index in [1.165, 1.54) is 12.1 Å². The van der Waals surface area contributed by atoms with E-state index in [0.717, 1.165) is 0 Å². The Kier molecular flexibility index (Phi) is 4.89. The van der Waals surface area contributed by atoms with Gasteiger partial charge in [0.15, 0.2) is 0 Å². The fourth-order valence-corrected chi connectivity index (χ4v) is 1.18. The summed E-state index contributed by atoms with van der Waals surface area (Å²) in [5.41, 5.74) is 1.98. The minimum absolute atomic E-state index is 0.0257. The summed E-state index contributed by atoms with van der Waals surface area (Å²) in [7, 11) is 0. The molecule has 1 rings (SSSR count). The second kappa shape index (κ2) is 6.44. The van der Waals surface area contributed by atoms with E-state index in [1.54, 1.807) is 12.1 Å². The highest BCUT2D eigenvalue weighted by molar-refractivity contribution is 5.75. The highest BCUT2D eigenvalue weighted by Gasteiger charge is 2.06. The van der Waals surface area contributed by atoms with Gasteiger partial charge in [0.2, 0.25) is 5.91 Å². The summed E-state index contributed by atoms with van der Waals surface area (Å²) in [4.78, 5) is 20.8. The fourth-order valence-electron chi connectivity index (χ4n) is 1.18. The van der Waals surface area contributed by atoms with Crippen LogP contribution >= 0.6 is 0 Å². The maximum Gasteiger partial charge on any atom is 0.273 e. The molecule has 0 fully saturated rings. The molecule has 0 bridgehead atoms. The lowest BCUT2D eigenvalue weighted by atomic mass is 10.3. The van der Waals surface area contributed by atoms with Crippen LogP contribution in [0.15, 0.2) is 24.3 Å². The minimum atomic E-state index is -0.491. The number of carbonyl (C=O) groups is 1. The Bertz CT molecular complexity index is 408. The Hall–Kier alpha value is -2.15. The van der Waals surface area contributed by atoms with Gasteiger partial charge < -0.3 is 4.74 Å².